The van der Waals surface area contributed by atoms with Crippen molar-refractivity contribution < 1.29 is 19.4 Å². The van der Waals surface area contributed by atoms with Crippen LogP contribution in [0, 0.1) is 0 Å². The van der Waals surface area contributed by atoms with E-state index in [1.54, 1.807) is 4.90 Å². The van der Waals surface area contributed by atoms with Gasteiger partial charge in [0.25, 0.3) is 0 Å². The summed E-state index contributed by atoms with van der Waals surface area (Å²) in [4.78, 5) is 26.2. The van der Waals surface area contributed by atoms with Gasteiger partial charge in [-0.15, -0.1) is 0 Å². The zero-order valence-electron chi connectivity index (χ0n) is 15.3. The predicted octanol–water partition coefficient (Wildman–Crippen LogP) is 3.24. The molecule has 142 valence electrons. The second kappa shape index (κ2) is 8.82. The van der Waals surface area contributed by atoms with E-state index in [1.165, 1.54) is 0 Å². The van der Waals surface area contributed by atoms with Crippen LogP contribution in [0.5, 0.6) is 0 Å². The van der Waals surface area contributed by atoms with Crippen molar-refractivity contribution in [3.8, 4) is 0 Å². The molecular formula is C22H25NO4. The van der Waals surface area contributed by atoms with E-state index < -0.39 is 11.4 Å². The molecule has 0 radical (unpaired) electrons. The van der Waals surface area contributed by atoms with Crippen molar-refractivity contribution in [1.82, 2.24) is 4.90 Å². The summed E-state index contributed by atoms with van der Waals surface area (Å²) in [6, 6.07) is 19.2. The Morgan fingerprint density at radius 1 is 0.963 bits per heavy atom. The molecule has 0 saturated carbocycles. The molecular weight excluding hydrogens is 342 g/mol. The molecule has 3 rings (SSSR count). The van der Waals surface area contributed by atoms with Crippen LogP contribution in [0.1, 0.15) is 30.4 Å². The van der Waals surface area contributed by atoms with Gasteiger partial charge in [0.15, 0.2) is 0 Å². The van der Waals surface area contributed by atoms with Crippen LogP contribution in [0.25, 0.3) is 0 Å². The minimum atomic E-state index is -0.901. The van der Waals surface area contributed by atoms with Crippen LogP contribution in [0.3, 0.4) is 0 Å². The number of hydrogen-bond acceptors (Lipinski definition) is 3. The lowest BCUT2D eigenvalue weighted by molar-refractivity contribution is -0.148. The van der Waals surface area contributed by atoms with Gasteiger partial charge in [-0.1, -0.05) is 60.7 Å². The Morgan fingerprint density at radius 2 is 1.56 bits per heavy atom. The Morgan fingerprint density at radius 3 is 2.15 bits per heavy atom. The Labute approximate surface area is 159 Å². The SMILES string of the molecule is O=C(CCOCc1ccccc1)N1CCC(C(=O)O)(c2ccccc2)CC1. The Kier molecular flexibility index (Phi) is 6.24. The molecule has 1 N–H and O–H groups in total. The van der Waals surface area contributed by atoms with Crippen molar-refractivity contribution in [3.05, 3.63) is 71.8 Å². The zero-order valence-corrected chi connectivity index (χ0v) is 15.3. The number of ether oxygens (including phenoxy) is 1. The third kappa shape index (κ3) is 4.55. The van der Waals surface area contributed by atoms with Gasteiger partial charge < -0.3 is 14.7 Å². The minimum absolute atomic E-state index is 0.0233. The molecule has 0 bridgehead atoms. The summed E-state index contributed by atoms with van der Waals surface area (Å²) >= 11 is 0. The number of hydrogen-bond donors (Lipinski definition) is 1. The lowest BCUT2D eigenvalue weighted by Crippen LogP contribution is -2.49. The van der Waals surface area contributed by atoms with Crippen molar-refractivity contribution in [3.63, 3.8) is 0 Å². The van der Waals surface area contributed by atoms with Crippen molar-refractivity contribution in [1.29, 1.82) is 0 Å². The highest BCUT2D eigenvalue weighted by molar-refractivity contribution is 5.82. The Balaban J connectivity index is 1.49. The van der Waals surface area contributed by atoms with Crippen LogP contribution < -0.4 is 0 Å². The maximum Gasteiger partial charge on any atom is 0.314 e. The smallest absolute Gasteiger partial charge is 0.314 e. The third-order valence-corrected chi connectivity index (χ3v) is 5.28. The minimum Gasteiger partial charge on any atom is -0.481 e. The van der Waals surface area contributed by atoms with Gasteiger partial charge in [0, 0.05) is 13.1 Å². The summed E-state index contributed by atoms with van der Waals surface area (Å²) in [5.74, 6) is -0.790. The van der Waals surface area contributed by atoms with Crippen molar-refractivity contribution in [2.24, 2.45) is 0 Å². The highest BCUT2D eigenvalue weighted by Crippen LogP contribution is 2.36. The highest BCUT2D eigenvalue weighted by atomic mass is 16.5. The van der Waals surface area contributed by atoms with Crippen molar-refractivity contribution in [2.75, 3.05) is 19.7 Å². The summed E-state index contributed by atoms with van der Waals surface area (Å²) in [6.45, 7) is 1.77. The number of piperidine rings is 1. The van der Waals surface area contributed by atoms with Crippen molar-refractivity contribution in [2.45, 2.75) is 31.3 Å². The molecule has 1 fully saturated rings. The molecule has 1 saturated heterocycles. The fourth-order valence-corrected chi connectivity index (χ4v) is 3.60. The number of amides is 1. The van der Waals surface area contributed by atoms with E-state index in [4.69, 9.17) is 4.74 Å². The lowest BCUT2D eigenvalue weighted by Gasteiger charge is -2.39. The molecule has 2 aromatic rings. The molecule has 5 nitrogen and oxygen atoms in total. The summed E-state index contributed by atoms with van der Waals surface area (Å²) in [5.41, 5.74) is 0.995. The van der Waals surface area contributed by atoms with Gasteiger partial charge in [0.05, 0.1) is 25.0 Å². The van der Waals surface area contributed by atoms with Crippen LogP contribution in [0.4, 0.5) is 0 Å². The maximum atomic E-state index is 12.4. The number of rotatable bonds is 7. The van der Waals surface area contributed by atoms with E-state index in [0.717, 1.165) is 11.1 Å². The van der Waals surface area contributed by atoms with Gasteiger partial charge in [0.2, 0.25) is 5.91 Å². The van der Waals surface area contributed by atoms with Crippen LogP contribution >= 0.6 is 0 Å². The van der Waals surface area contributed by atoms with E-state index in [1.807, 2.05) is 60.7 Å². The standard InChI is InChI=1S/C22H25NO4/c24-20(11-16-27-17-18-7-3-1-4-8-18)23-14-12-22(13-15-23,21(25)26)19-9-5-2-6-10-19/h1-10H,11-17H2,(H,25,26). The number of carbonyl (C=O) groups is 2. The molecule has 1 heterocycles. The van der Waals surface area contributed by atoms with Gasteiger partial charge >= 0.3 is 5.97 Å². The number of aliphatic carboxylic acids is 1. The molecule has 0 atom stereocenters. The van der Waals surface area contributed by atoms with Crippen LogP contribution in [-0.2, 0) is 26.3 Å². The van der Waals surface area contributed by atoms with Crippen LogP contribution in [0.15, 0.2) is 60.7 Å². The first-order chi connectivity index (χ1) is 13.1. The summed E-state index contributed by atoms with van der Waals surface area (Å²) in [5, 5.41) is 9.83. The fourth-order valence-electron chi connectivity index (χ4n) is 3.60. The topological polar surface area (TPSA) is 66.8 Å². The molecule has 1 aliphatic rings. The van der Waals surface area contributed by atoms with Crippen LogP contribution in [0.2, 0.25) is 0 Å². The third-order valence-electron chi connectivity index (χ3n) is 5.28. The average Bonchev–Trinajstić information content (AvgIpc) is 2.72. The molecule has 1 amide bonds. The molecule has 0 unspecified atom stereocenters. The Bertz CT molecular complexity index is 752. The summed E-state index contributed by atoms with van der Waals surface area (Å²) in [6.07, 6.45) is 1.18. The quantitative estimate of drug-likeness (QED) is 0.763. The predicted molar refractivity (Wildman–Crippen MR) is 102 cm³/mol. The van der Waals surface area contributed by atoms with E-state index in [2.05, 4.69) is 0 Å². The van der Waals surface area contributed by atoms with E-state index >= 15 is 0 Å². The average molecular weight is 367 g/mol. The number of likely N-dealkylation sites (tertiary alicyclic amines) is 1. The van der Waals surface area contributed by atoms with Gasteiger partial charge in [0.1, 0.15) is 0 Å². The first-order valence-electron chi connectivity index (χ1n) is 9.30. The van der Waals surface area contributed by atoms with Gasteiger partial charge in [-0.3, -0.25) is 9.59 Å². The maximum absolute atomic E-state index is 12.4. The number of carboxylic acids is 1. The highest BCUT2D eigenvalue weighted by Gasteiger charge is 2.43. The summed E-state index contributed by atoms with van der Waals surface area (Å²) < 4.78 is 5.59. The molecule has 2 aromatic carbocycles. The van der Waals surface area contributed by atoms with E-state index in [0.29, 0.717) is 45.6 Å². The van der Waals surface area contributed by atoms with Gasteiger partial charge in [-0.25, -0.2) is 0 Å². The lowest BCUT2D eigenvalue weighted by atomic mass is 9.73. The van der Waals surface area contributed by atoms with Gasteiger partial charge in [-0.05, 0) is 24.0 Å². The second-order valence-corrected chi connectivity index (χ2v) is 6.92. The van der Waals surface area contributed by atoms with E-state index in [9.17, 15) is 14.7 Å². The Hall–Kier alpha value is -2.66. The fraction of sp³-hybridized carbons (Fsp3) is 0.364. The number of nitrogens with zero attached hydrogens (tertiary/aromatic N) is 1. The second-order valence-electron chi connectivity index (χ2n) is 6.92. The van der Waals surface area contributed by atoms with Crippen LogP contribution in [-0.4, -0.2) is 41.6 Å². The summed E-state index contributed by atoms with van der Waals surface area (Å²) in [7, 11) is 0. The molecule has 5 heteroatoms. The largest absolute Gasteiger partial charge is 0.481 e. The molecule has 27 heavy (non-hydrogen) atoms. The molecule has 0 aliphatic carbocycles. The van der Waals surface area contributed by atoms with Crippen molar-refractivity contribution >= 4 is 11.9 Å². The normalized spacial score (nSPS) is 16.1. The molecule has 0 aromatic heterocycles. The number of benzene rings is 2. The number of carboxylic acid groups (broad SMARTS) is 1. The molecule has 0 spiro atoms. The van der Waals surface area contributed by atoms with Gasteiger partial charge in [-0.2, -0.15) is 0 Å². The van der Waals surface area contributed by atoms with E-state index in [-0.39, 0.29) is 5.91 Å². The molecule has 1 aliphatic heterocycles. The first kappa shape index (κ1) is 19.1. The monoisotopic (exact) mass is 367 g/mol. The zero-order chi connectivity index (χ0) is 19.1. The first-order valence-corrected chi connectivity index (χ1v) is 9.30. The number of carbonyl (C=O) groups excluding carboxylic acids is 1.